The molecule has 0 fully saturated rings. The summed E-state index contributed by atoms with van der Waals surface area (Å²) in [6.07, 6.45) is 1.66. The SMILES string of the molecule is C/C=C(/O)C(C)(CNCC(C)NC(=NC)C(C)C)OC. The Hall–Kier alpha value is -1.07. The highest BCUT2D eigenvalue weighted by Gasteiger charge is 2.28. The van der Waals surface area contributed by atoms with Crippen molar-refractivity contribution in [1.82, 2.24) is 10.6 Å². The Morgan fingerprint density at radius 2 is 2.00 bits per heavy atom. The lowest BCUT2D eigenvalue weighted by Gasteiger charge is -2.29. The number of hydrogen-bond donors (Lipinski definition) is 3. The van der Waals surface area contributed by atoms with Gasteiger partial charge in [-0.1, -0.05) is 13.8 Å². The van der Waals surface area contributed by atoms with E-state index in [2.05, 4.69) is 36.4 Å². The number of aliphatic imine (C=N–C) groups is 1. The van der Waals surface area contributed by atoms with Crippen molar-refractivity contribution in [3.8, 4) is 0 Å². The molecule has 0 aliphatic heterocycles. The van der Waals surface area contributed by atoms with E-state index in [-0.39, 0.29) is 11.8 Å². The van der Waals surface area contributed by atoms with Gasteiger partial charge in [0, 0.05) is 39.2 Å². The second-order valence-electron chi connectivity index (χ2n) is 5.55. The maximum Gasteiger partial charge on any atom is 0.133 e. The fraction of sp³-hybridized carbons (Fsp3) is 0.800. The van der Waals surface area contributed by atoms with Crippen LogP contribution in [0.5, 0.6) is 0 Å². The van der Waals surface area contributed by atoms with Gasteiger partial charge in [-0.3, -0.25) is 4.99 Å². The number of amidine groups is 1. The summed E-state index contributed by atoms with van der Waals surface area (Å²) < 4.78 is 5.39. The van der Waals surface area contributed by atoms with Crippen molar-refractivity contribution < 1.29 is 9.84 Å². The summed E-state index contributed by atoms with van der Waals surface area (Å²) >= 11 is 0. The molecule has 5 heteroatoms. The van der Waals surface area contributed by atoms with Crippen LogP contribution in [0.2, 0.25) is 0 Å². The molecule has 0 saturated heterocycles. The molecule has 0 bridgehead atoms. The van der Waals surface area contributed by atoms with E-state index in [4.69, 9.17) is 4.74 Å². The molecular formula is C15H31N3O2. The molecule has 2 atom stereocenters. The van der Waals surface area contributed by atoms with E-state index in [9.17, 15) is 5.11 Å². The van der Waals surface area contributed by atoms with E-state index in [1.165, 1.54) is 0 Å². The third-order valence-corrected chi connectivity index (χ3v) is 3.36. The molecule has 0 heterocycles. The molecule has 118 valence electrons. The summed E-state index contributed by atoms with van der Waals surface area (Å²) in [5.41, 5.74) is -0.686. The molecular weight excluding hydrogens is 254 g/mol. The number of nitrogens with zero attached hydrogens (tertiary/aromatic N) is 1. The number of allylic oxidation sites excluding steroid dienone is 1. The zero-order valence-electron chi connectivity index (χ0n) is 13.9. The Morgan fingerprint density at radius 3 is 2.40 bits per heavy atom. The van der Waals surface area contributed by atoms with Crippen LogP contribution in [-0.4, -0.2) is 49.8 Å². The topological polar surface area (TPSA) is 65.9 Å². The van der Waals surface area contributed by atoms with Gasteiger partial charge in [0.2, 0.25) is 0 Å². The number of methoxy groups -OCH3 is 1. The van der Waals surface area contributed by atoms with Crippen LogP contribution in [0.1, 0.15) is 34.6 Å². The second-order valence-corrected chi connectivity index (χ2v) is 5.55. The molecule has 5 nitrogen and oxygen atoms in total. The van der Waals surface area contributed by atoms with Gasteiger partial charge in [-0.2, -0.15) is 0 Å². The minimum absolute atomic E-state index is 0.242. The van der Waals surface area contributed by atoms with Crippen molar-refractivity contribution in [2.75, 3.05) is 27.2 Å². The number of nitrogens with one attached hydrogen (secondary N) is 2. The smallest absolute Gasteiger partial charge is 0.133 e. The first-order valence-electron chi connectivity index (χ1n) is 7.15. The number of ether oxygens (including phenoxy) is 1. The third kappa shape index (κ3) is 5.92. The Morgan fingerprint density at radius 1 is 1.40 bits per heavy atom. The molecule has 0 aromatic heterocycles. The maximum atomic E-state index is 9.86. The lowest BCUT2D eigenvalue weighted by Crippen LogP contribution is -2.47. The number of aliphatic hydroxyl groups is 1. The molecule has 3 N–H and O–H groups in total. The highest BCUT2D eigenvalue weighted by Crippen LogP contribution is 2.16. The number of rotatable bonds is 8. The lowest BCUT2D eigenvalue weighted by molar-refractivity contribution is 0.00512. The Bertz CT molecular complexity index is 340. The van der Waals surface area contributed by atoms with Crippen LogP contribution in [0.15, 0.2) is 16.8 Å². The van der Waals surface area contributed by atoms with Gasteiger partial charge in [0.05, 0.1) is 5.84 Å². The lowest BCUT2D eigenvalue weighted by atomic mass is 10.0. The molecule has 0 radical (unpaired) electrons. The van der Waals surface area contributed by atoms with E-state index in [0.29, 0.717) is 12.5 Å². The number of hydrogen-bond acceptors (Lipinski definition) is 4. The monoisotopic (exact) mass is 285 g/mol. The Labute approximate surface area is 123 Å². The first kappa shape index (κ1) is 18.9. The van der Waals surface area contributed by atoms with Crippen molar-refractivity contribution in [2.45, 2.75) is 46.3 Å². The van der Waals surface area contributed by atoms with E-state index >= 15 is 0 Å². The molecule has 0 aromatic rings. The highest BCUT2D eigenvalue weighted by atomic mass is 16.5. The zero-order chi connectivity index (χ0) is 15.8. The minimum Gasteiger partial charge on any atom is -0.510 e. The van der Waals surface area contributed by atoms with Crippen LogP contribution in [0.25, 0.3) is 0 Å². The quantitative estimate of drug-likeness (QED) is 0.363. The molecule has 0 aliphatic carbocycles. The van der Waals surface area contributed by atoms with Crippen LogP contribution < -0.4 is 10.6 Å². The predicted octanol–water partition coefficient (Wildman–Crippen LogP) is 2.11. The zero-order valence-corrected chi connectivity index (χ0v) is 13.9. The fourth-order valence-corrected chi connectivity index (χ4v) is 1.89. The van der Waals surface area contributed by atoms with Crippen LogP contribution in [0.4, 0.5) is 0 Å². The van der Waals surface area contributed by atoms with Gasteiger partial charge in [-0.05, 0) is 26.8 Å². The molecule has 2 unspecified atom stereocenters. The first-order valence-corrected chi connectivity index (χ1v) is 7.15. The highest BCUT2D eigenvalue weighted by molar-refractivity contribution is 5.84. The van der Waals surface area contributed by atoms with Crippen LogP contribution in [0.3, 0.4) is 0 Å². The average Bonchev–Trinajstić information content (AvgIpc) is 2.43. The van der Waals surface area contributed by atoms with Crippen molar-refractivity contribution in [3.63, 3.8) is 0 Å². The molecule has 0 amide bonds. The first-order chi connectivity index (χ1) is 9.30. The minimum atomic E-state index is -0.686. The molecule has 0 aliphatic rings. The van der Waals surface area contributed by atoms with Crippen LogP contribution >= 0.6 is 0 Å². The van der Waals surface area contributed by atoms with Crippen molar-refractivity contribution in [3.05, 3.63) is 11.8 Å². The van der Waals surface area contributed by atoms with Gasteiger partial charge < -0.3 is 20.5 Å². The van der Waals surface area contributed by atoms with Crippen molar-refractivity contribution in [1.29, 1.82) is 0 Å². The number of aliphatic hydroxyl groups excluding tert-OH is 1. The molecule has 0 saturated carbocycles. The van der Waals surface area contributed by atoms with Gasteiger partial charge in [-0.15, -0.1) is 0 Å². The summed E-state index contributed by atoms with van der Waals surface area (Å²) in [7, 11) is 3.40. The summed E-state index contributed by atoms with van der Waals surface area (Å²) in [5, 5.41) is 16.6. The van der Waals surface area contributed by atoms with Gasteiger partial charge in [-0.25, -0.2) is 0 Å². The van der Waals surface area contributed by atoms with Gasteiger partial charge >= 0.3 is 0 Å². The Kier molecular flexibility index (Phi) is 8.49. The average molecular weight is 285 g/mol. The summed E-state index contributed by atoms with van der Waals surface area (Å²) in [5.74, 6) is 1.63. The third-order valence-electron chi connectivity index (χ3n) is 3.36. The molecule has 20 heavy (non-hydrogen) atoms. The van der Waals surface area contributed by atoms with Crippen molar-refractivity contribution in [2.24, 2.45) is 10.9 Å². The summed E-state index contributed by atoms with van der Waals surface area (Å²) in [4.78, 5) is 4.25. The van der Waals surface area contributed by atoms with Crippen LogP contribution in [0, 0.1) is 5.92 Å². The van der Waals surface area contributed by atoms with E-state index in [0.717, 1.165) is 12.4 Å². The summed E-state index contributed by atoms with van der Waals surface area (Å²) in [6.45, 7) is 11.3. The Balaban J connectivity index is 4.30. The maximum absolute atomic E-state index is 9.86. The molecule has 0 aromatic carbocycles. The molecule has 0 spiro atoms. The van der Waals surface area contributed by atoms with E-state index < -0.39 is 5.60 Å². The van der Waals surface area contributed by atoms with Gasteiger partial charge in [0.25, 0.3) is 0 Å². The second kappa shape index (κ2) is 8.97. The normalized spacial score (nSPS) is 18.0. The predicted molar refractivity (Wildman–Crippen MR) is 85.5 cm³/mol. The molecule has 0 rings (SSSR count). The largest absolute Gasteiger partial charge is 0.510 e. The van der Waals surface area contributed by atoms with Crippen LogP contribution in [-0.2, 0) is 4.74 Å². The van der Waals surface area contributed by atoms with Crippen molar-refractivity contribution >= 4 is 5.84 Å². The van der Waals surface area contributed by atoms with Gasteiger partial charge in [0.15, 0.2) is 0 Å². The van der Waals surface area contributed by atoms with E-state index in [1.807, 2.05) is 6.92 Å². The summed E-state index contributed by atoms with van der Waals surface area (Å²) in [6, 6.07) is 0.255. The van der Waals surface area contributed by atoms with E-state index in [1.54, 1.807) is 27.2 Å². The standard InChI is InChI=1S/C15H31N3O2/c1-8-13(19)15(5,20-7)10-17-9-12(4)18-14(16-6)11(2)3/h8,11-12,17,19H,9-10H2,1-7H3,(H,16,18)/b13-8+. The fourth-order valence-electron chi connectivity index (χ4n) is 1.89. The van der Waals surface area contributed by atoms with Gasteiger partial charge in [0.1, 0.15) is 11.4 Å².